The van der Waals surface area contributed by atoms with E-state index in [1.54, 1.807) is 31.4 Å². The number of aryl methyl sites for hydroxylation is 1. The summed E-state index contributed by atoms with van der Waals surface area (Å²) < 4.78 is 18.0. The molecule has 2 aliphatic heterocycles. The van der Waals surface area contributed by atoms with Crippen LogP contribution in [0, 0.1) is 12.3 Å². The number of hydrazone groups is 1. The summed E-state index contributed by atoms with van der Waals surface area (Å²) in [4.78, 5) is 17.0. The number of nitrogens with one attached hydrogen (secondary N) is 1. The van der Waals surface area contributed by atoms with Crippen LogP contribution in [0.5, 0.6) is 17.2 Å². The first-order valence-corrected chi connectivity index (χ1v) is 13.3. The molecule has 3 aromatic rings. The SMILES string of the molecule is COc1cc(/C=C2\C(=N)N3N=C(c4ccc(C)cc4)SC3=NC2=O)ccc1OCCOc1ccc(Br)cc1. The zero-order chi connectivity index (χ0) is 26.6. The fraction of sp³-hybridized carbons (Fsp3) is 0.143. The van der Waals surface area contributed by atoms with Gasteiger partial charge in [-0.25, -0.2) is 0 Å². The summed E-state index contributed by atoms with van der Waals surface area (Å²) in [5.74, 6) is 1.28. The van der Waals surface area contributed by atoms with Crippen LogP contribution in [-0.4, -0.2) is 47.3 Å². The van der Waals surface area contributed by atoms with Gasteiger partial charge >= 0.3 is 0 Å². The first kappa shape index (κ1) is 25.7. The molecule has 0 bridgehead atoms. The Kier molecular flexibility index (Phi) is 7.62. The molecule has 38 heavy (non-hydrogen) atoms. The van der Waals surface area contributed by atoms with Gasteiger partial charge in [0.05, 0.1) is 12.7 Å². The van der Waals surface area contributed by atoms with Gasteiger partial charge in [-0.3, -0.25) is 10.2 Å². The molecule has 2 aliphatic rings. The van der Waals surface area contributed by atoms with Crippen molar-refractivity contribution >= 4 is 55.7 Å². The van der Waals surface area contributed by atoms with Crippen LogP contribution < -0.4 is 14.2 Å². The second-order valence-electron chi connectivity index (χ2n) is 8.35. The molecular formula is C28H23BrN4O4S. The highest BCUT2D eigenvalue weighted by Crippen LogP contribution is 2.33. The third kappa shape index (κ3) is 5.66. The van der Waals surface area contributed by atoms with Crippen LogP contribution in [-0.2, 0) is 4.79 Å². The first-order chi connectivity index (χ1) is 18.4. The van der Waals surface area contributed by atoms with E-state index in [2.05, 4.69) is 26.0 Å². The van der Waals surface area contributed by atoms with Gasteiger partial charge in [-0.15, -0.1) is 0 Å². The van der Waals surface area contributed by atoms with Gasteiger partial charge in [-0.2, -0.15) is 15.1 Å². The second kappa shape index (κ2) is 11.2. The van der Waals surface area contributed by atoms with Crippen molar-refractivity contribution in [3.8, 4) is 17.2 Å². The van der Waals surface area contributed by atoms with Gasteiger partial charge < -0.3 is 14.2 Å². The molecule has 0 unspecified atom stereocenters. The van der Waals surface area contributed by atoms with Gasteiger partial charge in [0.15, 0.2) is 17.3 Å². The molecule has 1 N–H and O–H groups in total. The van der Waals surface area contributed by atoms with E-state index in [9.17, 15) is 4.79 Å². The largest absolute Gasteiger partial charge is 0.493 e. The molecule has 0 atom stereocenters. The quantitative estimate of drug-likeness (QED) is 0.259. The lowest BCUT2D eigenvalue weighted by Gasteiger charge is -2.20. The van der Waals surface area contributed by atoms with E-state index in [1.807, 2.05) is 55.5 Å². The van der Waals surface area contributed by atoms with Crippen LogP contribution in [0.25, 0.3) is 6.08 Å². The minimum Gasteiger partial charge on any atom is -0.493 e. The third-order valence-corrected chi connectivity index (χ3v) is 7.16. The minimum absolute atomic E-state index is 0.0287. The van der Waals surface area contributed by atoms with Gasteiger partial charge in [0, 0.05) is 10.0 Å². The summed E-state index contributed by atoms with van der Waals surface area (Å²) in [5, 5.41) is 15.6. The monoisotopic (exact) mass is 590 g/mol. The highest BCUT2D eigenvalue weighted by molar-refractivity contribution is 9.10. The van der Waals surface area contributed by atoms with Crippen molar-refractivity contribution in [2.24, 2.45) is 10.1 Å². The molecule has 0 aliphatic carbocycles. The number of ether oxygens (including phenoxy) is 3. The van der Waals surface area contributed by atoms with Gasteiger partial charge in [-0.1, -0.05) is 51.8 Å². The first-order valence-electron chi connectivity index (χ1n) is 11.7. The third-order valence-electron chi connectivity index (χ3n) is 5.67. The summed E-state index contributed by atoms with van der Waals surface area (Å²) in [6, 6.07) is 20.8. The average molecular weight is 591 g/mol. The predicted molar refractivity (Wildman–Crippen MR) is 153 cm³/mol. The normalized spacial score (nSPS) is 15.8. The summed E-state index contributed by atoms with van der Waals surface area (Å²) in [5.41, 5.74) is 2.86. The van der Waals surface area contributed by atoms with Crippen molar-refractivity contribution < 1.29 is 19.0 Å². The Morgan fingerprint density at radius 1 is 1.00 bits per heavy atom. The van der Waals surface area contributed by atoms with Gasteiger partial charge in [0.1, 0.15) is 24.0 Å². The summed E-state index contributed by atoms with van der Waals surface area (Å²) >= 11 is 4.67. The van der Waals surface area contributed by atoms with Crippen molar-refractivity contribution in [3.63, 3.8) is 0 Å². The molecule has 0 spiro atoms. The maximum Gasteiger partial charge on any atom is 0.283 e. The molecular weight excluding hydrogens is 568 g/mol. The standard InChI is InChI=1S/C28H23BrN4O4S/c1-17-3-6-19(7-4-17)27-32-33-25(30)22(26(34)31-28(33)38-27)15-18-5-12-23(24(16-18)35-2)37-14-13-36-21-10-8-20(29)9-11-21/h3-12,15-16,30H,13-14H2,1-2H3/b22-15+,30-25?. The molecule has 0 saturated heterocycles. The molecule has 2 heterocycles. The topological polar surface area (TPSA) is 96.6 Å². The van der Waals surface area contributed by atoms with Crippen LogP contribution >= 0.6 is 27.7 Å². The van der Waals surface area contributed by atoms with Gasteiger partial charge in [-0.05, 0) is 66.7 Å². The van der Waals surface area contributed by atoms with Gasteiger partial charge in [0.25, 0.3) is 5.91 Å². The van der Waals surface area contributed by atoms with E-state index in [4.69, 9.17) is 19.6 Å². The molecule has 0 fully saturated rings. The zero-order valence-electron chi connectivity index (χ0n) is 20.6. The second-order valence-corrected chi connectivity index (χ2v) is 10.2. The number of amidine groups is 2. The Morgan fingerprint density at radius 3 is 2.47 bits per heavy atom. The number of carbonyl (C=O) groups excluding carboxylic acids is 1. The maximum absolute atomic E-state index is 12.8. The molecule has 0 aromatic heterocycles. The molecule has 1 amide bonds. The number of halogens is 1. The summed E-state index contributed by atoms with van der Waals surface area (Å²) in [6.45, 7) is 2.70. The van der Waals surface area contributed by atoms with Crippen molar-refractivity contribution in [3.05, 3.63) is 93.5 Å². The number of rotatable bonds is 8. The Labute approximate surface area is 232 Å². The Bertz CT molecular complexity index is 1480. The van der Waals surface area contributed by atoms with Crippen LogP contribution in [0.3, 0.4) is 0 Å². The number of benzene rings is 3. The predicted octanol–water partition coefficient (Wildman–Crippen LogP) is 5.89. The summed E-state index contributed by atoms with van der Waals surface area (Å²) in [6.07, 6.45) is 1.61. The van der Waals surface area contributed by atoms with Crippen molar-refractivity contribution in [2.75, 3.05) is 20.3 Å². The fourth-order valence-corrected chi connectivity index (χ4v) is 4.87. The minimum atomic E-state index is -0.488. The molecule has 0 radical (unpaired) electrons. The molecule has 10 heteroatoms. The Morgan fingerprint density at radius 2 is 1.74 bits per heavy atom. The summed E-state index contributed by atoms with van der Waals surface area (Å²) in [7, 11) is 1.55. The number of methoxy groups -OCH3 is 1. The number of amides is 1. The zero-order valence-corrected chi connectivity index (χ0v) is 23.0. The lowest BCUT2D eigenvalue weighted by molar-refractivity contribution is -0.114. The number of hydrogen-bond acceptors (Lipinski definition) is 7. The van der Waals surface area contributed by atoms with Gasteiger partial charge in [0.2, 0.25) is 5.17 Å². The number of fused-ring (bicyclic) bond motifs is 1. The number of carbonyl (C=O) groups is 1. The number of aliphatic imine (C=N–C) groups is 1. The highest BCUT2D eigenvalue weighted by atomic mass is 79.9. The number of hydrogen-bond donors (Lipinski definition) is 1. The van der Waals surface area contributed by atoms with E-state index >= 15 is 0 Å². The number of thioether (sulfide) groups is 1. The highest BCUT2D eigenvalue weighted by Gasteiger charge is 2.36. The van der Waals surface area contributed by atoms with E-state index in [0.717, 1.165) is 21.3 Å². The Hall–Kier alpha value is -3.89. The van der Waals surface area contributed by atoms with Crippen LogP contribution in [0.15, 0.2) is 86.9 Å². The smallest absolute Gasteiger partial charge is 0.283 e. The molecule has 8 nitrogen and oxygen atoms in total. The van der Waals surface area contributed by atoms with E-state index in [-0.39, 0.29) is 11.4 Å². The van der Waals surface area contributed by atoms with Crippen molar-refractivity contribution in [1.29, 1.82) is 5.41 Å². The van der Waals surface area contributed by atoms with Crippen LogP contribution in [0.1, 0.15) is 16.7 Å². The lowest BCUT2D eigenvalue weighted by atomic mass is 10.1. The van der Waals surface area contributed by atoms with E-state index in [1.165, 1.54) is 16.8 Å². The average Bonchev–Trinajstić information content (AvgIpc) is 3.35. The molecule has 0 saturated carbocycles. The molecule has 192 valence electrons. The fourth-order valence-electron chi connectivity index (χ4n) is 3.71. The Balaban J connectivity index is 1.28. The molecule has 3 aromatic carbocycles. The van der Waals surface area contributed by atoms with Crippen molar-refractivity contribution in [1.82, 2.24) is 5.01 Å². The lowest BCUT2D eigenvalue weighted by Crippen LogP contribution is -2.35. The van der Waals surface area contributed by atoms with Crippen LogP contribution in [0.4, 0.5) is 0 Å². The number of nitrogens with zero attached hydrogens (tertiary/aromatic N) is 3. The van der Waals surface area contributed by atoms with Crippen molar-refractivity contribution in [2.45, 2.75) is 6.92 Å². The molecule has 5 rings (SSSR count). The van der Waals surface area contributed by atoms with Crippen LogP contribution in [0.2, 0.25) is 0 Å². The van der Waals surface area contributed by atoms with E-state index in [0.29, 0.717) is 40.5 Å². The van der Waals surface area contributed by atoms with E-state index < -0.39 is 5.91 Å². The maximum atomic E-state index is 12.8.